The predicted octanol–water partition coefficient (Wildman–Crippen LogP) is 1.15. The van der Waals surface area contributed by atoms with Gasteiger partial charge in [0.2, 0.25) is 5.88 Å². The molecule has 0 spiro atoms. The van der Waals surface area contributed by atoms with Crippen molar-refractivity contribution in [1.29, 1.82) is 0 Å². The molecule has 0 amide bonds. The lowest BCUT2D eigenvalue weighted by Crippen LogP contribution is -2.37. The number of hydrogen-bond donors (Lipinski definition) is 2. The van der Waals surface area contributed by atoms with E-state index in [0.29, 0.717) is 11.9 Å². The molecule has 94 valence electrons. The first kappa shape index (κ1) is 14.0. The highest BCUT2D eigenvalue weighted by Crippen LogP contribution is 2.06. The number of nitrogens with one attached hydrogen (secondary N) is 2. The quantitative estimate of drug-likeness (QED) is 0.805. The highest BCUT2D eigenvalue weighted by atomic mass is 127. The summed E-state index contributed by atoms with van der Waals surface area (Å²) in [7, 11) is 1.61. The fourth-order valence-electron chi connectivity index (χ4n) is 1.48. The van der Waals surface area contributed by atoms with Crippen molar-refractivity contribution in [3.63, 3.8) is 0 Å². The summed E-state index contributed by atoms with van der Waals surface area (Å²) in [5, 5.41) is 6.46. The van der Waals surface area contributed by atoms with E-state index in [-0.39, 0.29) is 24.0 Å². The van der Waals surface area contributed by atoms with E-state index in [4.69, 9.17) is 4.74 Å². The van der Waals surface area contributed by atoms with Gasteiger partial charge in [-0.1, -0.05) is 6.07 Å². The van der Waals surface area contributed by atoms with Crippen molar-refractivity contribution in [2.45, 2.75) is 19.5 Å². The smallest absolute Gasteiger partial charge is 0.212 e. The summed E-state index contributed by atoms with van der Waals surface area (Å²) in [4.78, 5) is 8.45. The fraction of sp³-hybridized carbons (Fsp3) is 0.455. The number of ether oxygens (including phenoxy) is 1. The van der Waals surface area contributed by atoms with E-state index < -0.39 is 0 Å². The molecule has 0 fully saturated rings. The van der Waals surface area contributed by atoms with Gasteiger partial charge in [-0.05, 0) is 12.5 Å². The van der Waals surface area contributed by atoms with E-state index in [2.05, 4.69) is 27.5 Å². The molecule has 0 saturated heterocycles. The molecule has 1 atom stereocenters. The van der Waals surface area contributed by atoms with Crippen molar-refractivity contribution in [2.75, 3.05) is 13.7 Å². The average Bonchev–Trinajstić information content (AvgIpc) is 2.73. The third kappa shape index (κ3) is 4.03. The van der Waals surface area contributed by atoms with Gasteiger partial charge in [-0.3, -0.25) is 4.99 Å². The fourth-order valence-corrected chi connectivity index (χ4v) is 1.48. The van der Waals surface area contributed by atoms with Crippen LogP contribution >= 0.6 is 24.0 Å². The summed E-state index contributed by atoms with van der Waals surface area (Å²) in [5.74, 6) is 1.50. The Morgan fingerprint density at radius 1 is 1.53 bits per heavy atom. The van der Waals surface area contributed by atoms with Gasteiger partial charge in [0, 0.05) is 24.8 Å². The maximum Gasteiger partial charge on any atom is 0.212 e. The van der Waals surface area contributed by atoms with Crippen molar-refractivity contribution in [1.82, 2.24) is 15.6 Å². The van der Waals surface area contributed by atoms with Crippen molar-refractivity contribution >= 4 is 29.9 Å². The predicted molar refractivity (Wildman–Crippen MR) is 77.9 cm³/mol. The topological polar surface area (TPSA) is 58.5 Å². The van der Waals surface area contributed by atoms with Crippen LogP contribution in [0.1, 0.15) is 12.5 Å². The zero-order valence-electron chi connectivity index (χ0n) is 9.93. The Hall–Kier alpha value is -1.05. The van der Waals surface area contributed by atoms with Crippen LogP contribution in [-0.4, -0.2) is 30.6 Å². The molecule has 0 bridgehead atoms. The lowest BCUT2D eigenvalue weighted by molar-refractivity contribution is 0.397. The van der Waals surface area contributed by atoms with Crippen LogP contribution in [-0.2, 0) is 6.54 Å². The summed E-state index contributed by atoms with van der Waals surface area (Å²) in [6.45, 7) is 3.66. The maximum atomic E-state index is 4.99. The molecular weight excluding hydrogens is 331 g/mol. The van der Waals surface area contributed by atoms with Crippen LogP contribution in [0, 0.1) is 0 Å². The molecule has 2 rings (SSSR count). The number of rotatable bonds is 3. The molecule has 17 heavy (non-hydrogen) atoms. The van der Waals surface area contributed by atoms with Crippen molar-refractivity contribution in [2.24, 2.45) is 4.99 Å². The third-order valence-corrected chi connectivity index (χ3v) is 2.37. The first-order valence-electron chi connectivity index (χ1n) is 5.31. The molecule has 2 heterocycles. The number of aliphatic imine (C=N–C) groups is 1. The highest BCUT2D eigenvalue weighted by molar-refractivity contribution is 14.0. The summed E-state index contributed by atoms with van der Waals surface area (Å²) in [6.07, 6.45) is 1.80. The zero-order chi connectivity index (χ0) is 11.4. The van der Waals surface area contributed by atoms with E-state index in [1.165, 1.54) is 0 Å². The van der Waals surface area contributed by atoms with E-state index in [1.807, 2.05) is 12.1 Å². The van der Waals surface area contributed by atoms with Gasteiger partial charge >= 0.3 is 0 Å². The summed E-state index contributed by atoms with van der Waals surface area (Å²) < 4.78 is 4.99. The number of nitrogens with zero attached hydrogens (tertiary/aromatic N) is 2. The second-order valence-electron chi connectivity index (χ2n) is 3.80. The standard InChI is InChI=1S/C11H16N4O.HI/c1-8-5-13-11(15-8)14-7-9-3-4-10(16-2)12-6-9;/h3-4,6,8H,5,7H2,1-2H3,(H2,13,14,15);1H. The second kappa shape index (κ2) is 6.63. The minimum Gasteiger partial charge on any atom is -0.481 e. The monoisotopic (exact) mass is 348 g/mol. The Bertz CT molecular complexity index is 380. The highest BCUT2D eigenvalue weighted by Gasteiger charge is 2.11. The van der Waals surface area contributed by atoms with Crippen LogP contribution in [0.15, 0.2) is 23.3 Å². The van der Waals surface area contributed by atoms with Gasteiger partial charge in [-0.25, -0.2) is 4.98 Å². The lowest BCUT2D eigenvalue weighted by Gasteiger charge is -2.08. The molecule has 0 aliphatic carbocycles. The van der Waals surface area contributed by atoms with E-state index >= 15 is 0 Å². The molecule has 1 aromatic rings. The van der Waals surface area contributed by atoms with Crippen LogP contribution in [0.3, 0.4) is 0 Å². The third-order valence-electron chi connectivity index (χ3n) is 2.37. The minimum atomic E-state index is 0. The summed E-state index contributed by atoms with van der Waals surface area (Å²) in [6, 6.07) is 4.26. The van der Waals surface area contributed by atoms with E-state index in [1.54, 1.807) is 13.3 Å². The number of hydrogen-bond acceptors (Lipinski definition) is 5. The molecular formula is C11H17IN4O. The van der Waals surface area contributed by atoms with Crippen LogP contribution < -0.4 is 15.4 Å². The van der Waals surface area contributed by atoms with Gasteiger partial charge in [0.25, 0.3) is 0 Å². The van der Waals surface area contributed by atoms with Crippen molar-refractivity contribution in [3.8, 4) is 5.88 Å². The summed E-state index contributed by atoms with van der Waals surface area (Å²) in [5.41, 5.74) is 1.10. The molecule has 1 aromatic heterocycles. The van der Waals surface area contributed by atoms with Gasteiger partial charge in [0.15, 0.2) is 5.96 Å². The van der Waals surface area contributed by atoms with Gasteiger partial charge in [-0.15, -0.1) is 24.0 Å². The van der Waals surface area contributed by atoms with E-state index in [0.717, 1.165) is 24.6 Å². The van der Waals surface area contributed by atoms with E-state index in [9.17, 15) is 0 Å². The molecule has 0 aromatic carbocycles. The maximum absolute atomic E-state index is 4.99. The number of methoxy groups -OCH3 is 1. The van der Waals surface area contributed by atoms with Crippen molar-refractivity contribution in [3.05, 3.63) is 23.9 Å². The number of pyridine rings is 1. The van der Waals surface area contributed by atoms with Gasteiger partial charge < -0.3 is 15.4 Å². The van der Waals surface area contributed by atoms with Crippen LogP contribution in [0.4, 0.5) is 0 Å². The van der Waals surface area contributed by atoms with Gasteiger partial charge in [0.05, 0.1) is 13.7 Å². The molecule has 6 heteroatoms. The zero-order valence-corrected chi connectivity index (χ0v) is 12.3. The Morgan fingerprint density at radius 2 is 2.35 bits per heavy atom. The molecule has 1 unspecified atom stereocenters. The van der Waals surface area contributed by atoms with Crippen molar-refractivity contribution < 1.29 is 4.74 Å². The molecule has 2 N–H and O–H groups in total. The first-order chi connectivity index (χ1) is 7.78. The molecule has 1 aliphatic rings. The van der Waals surface area contributed by atoms with Crippen LogP contribution in [0.2, 0.25) is 0 Å². The number of halogens is 1. The molecule has 5 nitrogen and oxygen atoms in total. The molecule has 0 saturated carbocycles. The second-order valence-corrected chi connectivity index (χ2v) is 3.80. The number of aromatic nitrogens is 1. The molecule has 0 radical (unpaired) electrons. The Kier molecular flexibility index (Phi) is 5.46. The Morgan fingerprint density at radius 3 is 2.88 bits per heavy atom. The summed E-state index contributed by atoms with van der Waals surface area (Å²) >= 11 is 0. The van der Waals surface area contributed by atoms with Gasteiger partial charge in [0.1, 0.15) is 0 Å². The SMILES string of the molecule is COc1ccc(CNC2=NCC(C)N2)cn1.I. The van der Waals surface area contributed by atoms with Gasteiger partial charge in [-0.2, -0.15) is 0 Å². The number of guanidine groups is 1. The Balaban J connectivity index is 0.00000144. The first-order valence-corrected chi connectivity index (χ1v) is 5.31. The molecule has 1 aliphatic heterocycles. The average molecular weight is 348 g/mol. The largest absolute Gasteiger partial charge is 0.481 e. The Labute approximate surface area is 118 Å². The normalized spacial score (nSPS) is 17.8. The lowest BCUT2D eigenvalue weighted by atomic mass is 10.3. The van der Waals surface area contributed by atoms with Crippen LogP contribution in [0.5, 0.6) is 5.88 Å². The minimum absolute atomic E-state index is 0. The van der Waals surface area contributed by atoms with Crippen LogP contribution in [0.25, 0.3) is 0 Å².